The highest BCUT2D eigenvalue weighted by Gasteiger charge is 2.52. The maximum atomic E-state index is 16.7. The number of carbonyl (C=O) groups excluding carboxylic acids is 5. The molecule has 9 atom stereocenters. The van der Waals surface area contributed by atoms with Gasteiger partial charge in [-0.1, -0.05) is 84.0 Å². The van der Waals surface area contributed by atoms with Crippen molar-refractivity contribution in [2.75, 3.05) is 18.9 Å². The first kappa shape index (κ1) is 66.5. The number of halogens is 1. The van der Waals surface area contributed by atoms with Crippen LogP contribution in [-0.4, -0.2) is 146 Å². The van der Waals surface area contributed by atoms with Gasteiger partial charge in [-0.3, -0.25) is 43.4 Å². The quantitative estimate of drug-likeness (QED) is 0.0345. The molecule has 4 N–H and O–H groups in total. The van der Waals surface area contributed by atoms with Crippen LogP contribution >= 0.6 is 0 Å². The Hall–Kier alpha value is -7.41. The van der Waals surface area contributed by atoms with Crippen LogP contribution < -0.4 is 20.9 Å². The van der Waals surface area contributed by atoms with Crippen LogP contribution in [0.4, 0.5) is 15.1 Å². The summed E-state index contributed by atoms with van der Waals surface area (Å²) in [5.74, 6) is -2.98. The van der Waals surface area contributed by atoms with Crippen LogP contribution in [0, 0.1) is 11.8 Å². The highest BCUT2D eigenvalue weighted by molar-refractivity contribution is 7.84. The molecule has 2 fully saturated rings. The number of aromatic amines is 1. The SMILES string of the molecule is CC[C@@H]1C[C@@H](OS(=O)(=O)NC[C@H]2O[C@@H](n3cnc4cncnc43)[C@H](F)[C@@H]2O[Si](C)(C)C(C)(C)C)[C@H](n2cnc3c(=O)[nH]c(NC(=O)c4ccccc4CN(C)C(=O)OCc4ccc(CC(=O)[C@H](C)NC(=O)[C@@H](CC(=O)OC(C)(C)C)C(C)C)cc4)nc32)O1. The number of alkyl halides is 1. The van der Waals surface area contributed by atoms with Gasteiger partial charge < -0.3 is 33.6 Å². The average Bonchev–Trinajstić information content (AvgIpc) is 3.91. The number of ether oxygens (including phenoxy) is 4. The Morgan fingerprint density at radius 3 is 2.28 bits per heavy atom. The van der Waals surface area contributed by atoms with Gasteiger partial charge in [-0.15, -0.1) is 0 Å². The molecule has 2 aromatic carbocycles. The summed E-state index contributed by atoms with van der Waals surface area (Å²) in [6.07, 6.45) is -3.05. The standard InChI is InChI=1S/C59H79FN12O14SSi/c1-14-38-24-43(85-87(79,80)65-27-44-48(86-88(12,13)59(8,9)10)46(60)55(83-44)71-31-63-41-26-61-30-62-49(41)71)54(82-38)72-32-64-47-50(72)67-56(69-53(47)77)68-51(75)39-18-16-15-17-37(39)28-70(11)57(78)81-29-36-21-19-35(20-22-36)23-42(73)34(4)66-52(76)40(33(2)3)25-45(74)84-58(5,6)7/h15-22,26,30-34,38,40,43-44,46,48,54-55,65H,14,23-25,27-29H2,1-13H3,(H,66,76)(H2,67,68,69,75,77)/t34-,38+,40-,43+,44+,46+,48+,54+,55+/m0/s1. The first-order valence-electron chi connectivity index (χ1n) is 29.1. The summed E-state index contributed by atoms with van der Waals surface area (Å²) in [6.45, 7) is 21.6. The van der Waals surface area contributed by atoms with Crippen LogP contribution in [0.25, 0.3) is 22.3 Å². The third kappa shape index (κ3) is 16.1. The number of amides is 3. The van der Waals surface area contributed by atoms with Crippen molar-refractivity contribution >= 4 is 76.6 Å². The number of carbonyl (C=O) groups is 5. The molecule has 26 nitrogen and oxygen atoms in total. The van der Waals surface area contributed by atoms with E-state index >= 15 is 4.39 Å². The van der Waals surface area contributed by atoms with Crippen molar-refractivity contribution in [2.24, 2.45) is 11.8 Å². The van der Waals surface area contributed by atoms with E-state index in [1.165, 1.54) is 52.3 Å². The summed E-state index contributed by atoms with van der Waals surface area (Å²) in [5, 5.41) is 5.05. The van der Waals surface area contributed by atoms with Crippen LogP contribution in [0.3, 0.4) is 0 Å². The number of anilines is 1. The maximum Gasteiger partial charge on any atom is 0.410 e. The van der Waals surface area contributed by atoms with Gasteiger partial charge in [0.25, 0.3) is 11.5 Å². The topological polar surface area (TPSA) is 321 Å². The van der Waals surface area contributed by atoms with Gasteiger partial charge in [0.15, 0.2) is 49.5 Å². The van der Waals surface area contributed by atoms with Crippen LogP contribution in [0.1, 0.15) is 128 Å². The van der Waals surface area contributed by atoms with Crippen molar-refractivity contribution in [3.63, 3.8) is 0 Å². The smallest absolute Gasteiger partial charge is 0.410 e. The summed E-state index contributed by atoms with van der Waals surface area (Å²) < 4.78 is 85.8. The first-order chi connectivity index (χ1) is 41.3. The zero-order chi connectivity index (χ0) is 64.2. The lowest BCUT2D eigenvalue weighted by Crippen LogP contribution is -2.50. The number of esters is 1. The molecule has 2 aliphatic rings. The van der Waals surface area contributed by atoms with Crippen molar-refractivity contribution in [3.05, 3.63) is 106 Å². The molecule has 88 heavy (non-hydrogen) atoms. The van der Waals surface area contributed by atoms with Crippen molar-refractivity contribution in [3.8, 4) is 0 Å². The monoisotopic (exact) mass is 1260 g/mol. The molecular formula is C59H79FN12O14SSi. The van der Waals surface area contributed by atoms with E-state index in [1.54, 1.807) is 70.2 Å². The fourth-order valence-corrected chi connectivity index (χ4v) is 12.2. The normalized spacial score (nSPS) is 20.7. The average molecular weight is 1260 g/mol. The second kappa shape index (κ2) is 27.1. The summed E-state index contributed by atoms with van der Waals surface area (Å²) in [4.78, 5) is 105. The molecule has 8 rings (SSSR count). The van der Waals surface area contributed by atoms with Gasteiger partial charge in [-0.25, -0.2) is 33.3 Å². The Balaban J connectivity index is 0.877. The molecule has 4 aromatic heterocycles. The molecule has 29 heteroatoms. The van der Waals surface area contributed by atoms with E-state index < -0.39 is 115 Å². The molecule has 3 amide bonds. The highest BCUT2D eigenvalue weighted by atomic mass is 32.2. The lowest BCUT2D eigenvalue weighted by molar-refractivity contribution is -0.158. The molecule has 6 heterocycles. The molecule has 6 aromatic rings. The predicted octanol–water partition coefficient (Wildman–Crippen LogP) is 7.14. The van der Waals surface area contributed by atoms with Crippen LogP contribution in [-0.2, 0) is 71.8 Å². The Morgan fingerprint density at radius 2 is 1.60 bits per heavy atom. The van der Waals surface area contributed by atoms with Crippen molar-refractivity contribution in [1.29, 1.82) is 0 Å². The molecular weight excluding hydrogens is 1180 g/mol. The van der Waals surface area contributed by atoms with E-state index in [-0.39, 0.29) is 71.8 Å². The number of aromatic nitrogens is 8. The Bertz CT molecular complexity index is 3680. The van der Waals surface area contributed by atoms with Gasteiger partial charge in [0.2, 0.25) is 11.9 Å². The lowest BCUT2D eigenvalue weighted by atomic mass is 9.91. The number of fused-ring (bicyclic) bond motifs is 2. The van der Waals surface area contributed by atoms with Gasteiger partial charge in [-0.2, -0.15) is 18.1 Å². The van der Waals surface area contributed by atoms with E-state index in [1.807, 2.05) is 54.6 Å². The zero-order valence-electron chi connectivity index (χ0n) is 51.7. The number of ketones is 1. The van der Waals surface area contributed by atoms with Crippen LogP contribution in [0.5, 0.6) is 0 Å². The predicted molar refractivity (Wildman–Crippen MR) is 323 cm³/mol. The first-order valence-corrected chi connectivity index (χ1v) is 33.4. The van der Waals surface area contributed by atoms with E-state index in [4.69, 9.17) is 27.6 Å². The molecule has 0 radical (unpaired) electrons. The Morgan fingerprint density at radius 1 is 0.920 bits per heavy atom. The molecule has 476 valence electrons. The molecule has 2 saturated heterocycles. The van der Waals surface area contributed by atoms with E-state index in [9.17, 15) is 37.2 Å². The van der Waals surface area contributed by atoms with Gasteiger partial charge in [0, 0.05) is 38.5 Å². The number of nitrogens with one attached hydrogen (secondary N) is 4. The summed E-state index contributed by atoms with van der Waals surface area (Å²) in [5.41, 5.74) is 0.945. The summed E-state index contributed by atoms with van der Waals surface area (Å²) >= 11 is 0. The number of hydrogen-bond donors (Lipinski definition) is 4. The minimum absolute atomic E-state index is 0.0179. The molecule has 0 unspecified atom stereocenters. The van der Waals surface area contributed by atoms with Crippen molar-refractivity contribution in [2.45, 2.75) is 181 Å². The number of rotatable bonds is 24. The van der Waals surface area contributed by atoms with Gasteiger partial charge >= 0.3 is 22.4 Å². The van der Waals surface area contributed by atoms with Crippen molar-refractivity contribution in [1.82, 2.24) is 54.0 Å². The molecule has 2 aliphatic heterocycles. The largest absolute Gasteiger partial charge is 0.460 e. The molecule has 0 saturated carbocycles. The van der Waals surface area contributed by atoms with E-state index in [0.29, 0.717) is 34.3 Å². The second-order valence-corrected chi connectivity index (χ2v) is 31.2. The van der Waals surface area contributed by atoms with Crippen molar-refractivity contribution < 1.29 is 64.3 Å². The molecule has 0 aliphatic carbocycles. The minimum atomic E-state index is -4.65. The second-order valence-electron chi connectivity index (χ2n) is 25.1. The summed E-state index contributed by atoms with van der Waals surface area (Å²) in [6, 6.07) is 12.5. The molecule has 0 spiro atoms. The number of H-pyrrole nitrogens is 1. The Kier molecular flexibility index (Phi) is 20.5. The van der Waals surface area contributed by atoms with E-state index in [2.05, 4.69) is 45.3 Å². The fraction of sp³-hybridized carbons (Fsp3) is 0.542. The highest BCUT2D eigenvalue weighted by Crippen LogP contribution is 2.43. The van der Waals surface area contributed by atoms with Gasteiger partial charge in [0.1, 0.15) is 42.4 Å². The Labute approximate surface area is 510 Å². The third-order valence-electron chi connectivity index (χ3n) is 15.8. The zero-order valence-corrected chi connectivity index (χ0v) is 53.5. The number of benzene rings is 2. The fourth-order valence-electron chi connectivity index (χ4n) is 9.91. The van der Waals surface area contributed by atoms with Gasteiger partial charge in [0.05, 0.1) is 43.3 Å². The van der Waals surface area contributed by atoms with Crippen LogP contribution in [0.2, 0.25) is 18.1 Å². The van der Waals surface area contributed by atoms with Gasteiger partial charge in [-0.05, 0) is 80.9 Å². The molecule has 0 bridgehead atoms. The summed E-state index contributed by atoms with van der Waals surface area (Å²) in [7, 11) is -5.82. The lowest BCUT2D eigenvalue weighted by Gasteiger charge is -2.39. The minimum Gasteiger partial charge on any atom is -0.460 e. The number of Topliss-reactive ketones (excluding diaryl/α,β-unsaturated/α-hetero) is 1. The third-order valence-corrected chi connectivity index (χ3v) is 21.3. The van der Waals surface area contributed by atoms with E-state index in [0.717, 1.165) is 0 Å². The van der Waals surface area contributed by atoms with Crippen LogP contribution in [0.15, 0.2) is 78.5 Å². The number of imidazole rings is 2. The maximum absolute atomic E-state index is 16.7. The number of hydrogen-bond acceptors (Lipinski definition) is 19. The number of nitrogens with zero attached hydrogens (tertiary/aromatic N) is 8.